The van der Waals surface area contributed by atoms with Crippen LogP contribution in [-0.2, 0) is 9.59 Å². The molecule has 0 radical (unpaired) electrons. The van der Waals surface area contributed by atoms with Crippen molar-refractivity contribution in [2.24, 2.45) is 0 Å². The first-order chi connectivity index (χ1) is 14.8. The maximum Gasteiger partial charge on any atom is 0.295 e. The molecule has 31 heavy (non-hydrogen) atoms. The van der Waals surface area contributed by atoms with Crippen LogP contribution >= 0.6 is 11.3 Å². The van der Waals surface area contributed by atoms with Crippen LogP contribution < -0.4 is 4.74 Å². The van der Waals surface area contributed by atoms with Gasteiger partial charge in [-0.25, -0.2) is 0 Å². The van der Waals surface area contributed by atoms with Gasteiger partial charge in [-0.05, 0) is 74.9 Å². The van der Waals surface area contributed by atoms with Crippen molar-refractivity contribution in [2.45, 2.75) is 66.0 Å². The molecule has 1 aliphatic rings. The van der Waals surface area contributed by atoms with E-state index >= 15 is 0 Å². The van der Waals surface area contributed by atoms with Crippen LogP contribution in [0.5, 0.6) is 5.75 Å². The van der Waals surface area contributed by atoms with Crippen molar-refractivity contribution >= 4 is 28.8 Å². The molecule has 3 rings (SSSR count). The molecule has 6 heteroatoms. The van der Waals surface area contributed by atoms with Crippen LogP contribution in [0.15, 0.2) is 35.2 Å². The minimum atomic E-state index is -0.619. The quantitative estimate of drug-likeness (QED) is 0.245. The molecule has 0 bridgehead atoms. The SMILES string of the molecule is CCCCCN1C(=O)C(=O)/C(=C(\O)c2ccc(OC(C)C)c(C)c2)C1c1sccc1C. The number of aliphatic hydroxyl groups is 1. The first-order valence-corrected chi connectivity index (χ1v) is 11.7. The number of amides is 1. The average molecular weight is 442 g/mol. The minimum Gasteiger partial charge on any atom is -0.507 e. The van der Waals surface area contributed by atoms with Gasteiger partial charge in [0.05, 0.1) is 17.7 Å². The van der Waals surface area contributed by atoms with Gasteiger partial charge in [-0.3, -0.25) is 9.59 Å². The molecule has 2 heterocycles. The van der Waals surface area contributed by atoms with E-state index in [-0.39, 0.29) is 17.4 Å². The Kier molecular flexibility index (Phi) is 7.21. The number of hydrogen-bond acceptors (Lipinski definition) is 5. The van der Waals surface area contributed by atoms with Gasteiger partial charge in [0.25, 0.3) is 11.7 Å². The summed E-state index contributed by atoms with van der Waals surface area (Å²) in [5.41, 5.74) is 2.56. The average Bonchev–Trinajstić information content (AvgIpc) is 3.24. The molecule has 1 unspecified atom stereocenters. The zero-order valence-corrected chi connectivity index (χ0v) is 19.7. The zero-order valence-electron chi connectivity index (χ0n) is 18.9. The van der Waals surface area contributed by atoms with Crippen LogP contribution in [0.3, 0.4) is 0 Å². The number of benzene rings is 1. The van der Waals surface area contributed by atoms with Crippen molar-refractivity contribution in [1.29, 1.82) is 0 Å². The molecule has 5 nitrogen and oxygen atoms in total. The van der Waals surface area contributed by atoms with E-state index < -0.39 is 17.7 Å². The third-order valence-electron chi connectivity index (χ3n) is 5.50. The summed E-state index contributed by atoms with van der Waals surface area (Å²) >= 11 is 1.51. The van der Waals surface area contributed by atoms with Crippen molar-refractivity contribution < 1.29 is 19.4 Å². The van der Waals surface area contributed by atoms with Gasteiger partial charge < -0.3 is 14.7 Å². The van der Waals surface area contributed by atoms with Crippen molar-refractivity contribution in [1.82, 2.24) is 4.90 Å². The first-order valence-electron chi connectivity index (χ1n) is 10.9. The van der Waals surface area contributed by atoms with Gasteiger partial charge in [0, 0.05) is 17.0 Å². The molecule has 2 aromatic rings. The van der Waals surface area contributed by atoms with E-state index in [0.29, 0.717) is 12.1 Å². The number of ketones is 1. The number of aryl methyl sites for hydroxylation is 2. The van der Waals surface area contributed by atoms with Crippen LogP contribution in [0.1, 0.15) is 67.6 Å². The van der Waals surface area contributed by atoms with Crippen LogP contribution in [0, 0.1) is 13.8 Å². The molecule has 1 saturated heterocycles. The molecule has 1 aromatic heterocycles. The molecule has 1 aliphatic heterocycles. The highest BCUT2D eigenvalue weighted by atomic mass is 32.1. The number of unbranched alkanes of at least 4 members (excludes halogenated alkanes) is 2. The third kappa shape index (κ3) is 4.69. The largest absolute Gasteiger partial charge is 0.507 e. The van der Waals surface area contributed by atoms with E-state index in [0.717, 1.165) is 41.0 Å². The lowest BCUT2D eigenvalue weighted by Gasteiger charge is -2.25. The van der Waals surface area contributed by atoms with Crippen molar-refractivity contribution in [3.8, 4) is 5.75 Å². The summed E-state index contributed by atoms with van der Waals surface area (Å²) in [6, 6.07) is 6.77. The second-order valence-corrected chi connectivity index (χ2v) is 9.26. The molecule has 0 spiro atoms. The number of carbonyl (C=O) groups excluding carboxylic acids is 2. The Bertz CT molecular complexity index is 1000. The van der Waals surface area contributed by atoms with E-state index in [1.165, 1.54) is 11.3 Å². The lowest BCUT2D eigenvalue weighted by molar-refractivity contribution is -0.139. The monoisotopic (exact) mass is 441 g/mol. The number of ether oxygens (including phenoxy) is 1. The van der Waals surface area contributed by atoms with Crippen LogP contribution in [-0.4, -0.2) is 34.3 Å². The highest BCUT2D eigenvalue weighted by Crippen LogP contribution is 2.43. The maximum absolute atomic E-state index is 13.0. The van der Waals surface area contributed by atoms with E-state index in [2.05, 4.69) is 6.92 Å². The van der Waals surface area contributed by atoms with E-state index in [9.17, 15) is 14.7 Å². The molecular formula is C25H31NO4S. The Morgan fingerprint density at radius 3 is 2.48 bits per heavy atom. The molecule has 166 valence electrons. The summed E-state index contributed by atoms with van der Waals surface area (Å²) in [5, 5.41) is 13.2. The zero-order chi connectivity index (χ0) is 22.7. The number of likely N-dealkylation sites (tertiary alicyclic amines) is 1. The normalized spacial score (nSPS) is 18.3. The number of carbonyl (C=O) groups is 2. The Morgan fingerprint density at radius 2 is 1.90 bits per heavy atom. The number of hydrogen-bond donors (Lipinski definition) is 1. The topological polar surface area (TPSA) is 66.8 Å². The van der Waals surface area contributed by atoms with Crippen LogP contribution in [0.4, 0.5) is 0 Å². The number of nitrogens with zero attached hydrogens (tertiary/aromatic N) is 1. The summed E-state index contributed by atoms with van der Waals surface area (Å²) in [6.45, 7) is 10.4. The fraction of sp³-hybridized carbons (Fsp3) is 0.440. The Balaban J connectivity index is 2.08. The highest BCUT2D eigenvalue weighted by molar-refractivity contribution is 7.10. The Hall–Kier alpha value is -2.60. The Morgan fingerprint density at radius 1 is 1.16 bits per heavy atom. The predicted molar refractivity (Wildman–Crippen MR) is 125 cm³/mol. The van der Waals surface area contributed by atoms with E-state index in [1.807, 2.05) is 39.1 Å². The van der Waals surface area contributed by atoms with Gasteiger partial charge in [0.1, 0.15) is 11.5 Å². The number of aliphatic hydroxyl groups excluding tert-OH is 1. The molecule has 0 saturated carbocycles. The summed E-state index contributed by atoms with van der Waals surface area (Å²) in [4.78, 5) is 28.5. The van der Waals surface area contributed by atoms with E-state index in [1.54, 1.807) is 23.1 Å². The third-order valence-corrected chi connectivity index (χ3v) is 6.57. The lowest BCUT2D eigenvalue weighted by Crippen LogP contribution is -2.30. The predicted octanol–water partition coefficient (Wildman–Crippen LogP) is 5.76. The molecule has 0 aliphatic carbocycles. The lowest BCUT2D eigenvalue weighted by atomic mass is 9.97. The summed E-state index contributed by atoms with van der Waals surface area (Å²) < 4.78 is 5.79. The van der Waals surface area contributed by atoms with Crippen molar-refractivity contribution in [3.05, 3.63) is 56.8 Å². The minimum absolute atomic E-state index is 0.0356. The van der Waals surface area contributed by atoms with Gasteiger partial charge in [-0.2, -0.15) is 0 Å². The van der Waals surface area contributed by atoms with Gasteiger partial charge in [-0.1, -0.05) is 19.8 Å². The number of thiophene rings is 1. The molecule has 1 aromatic carbocycles. The van der Waals surface area contributed by atoms with Crippen LogP contribution in [0.25, 0.3) is 5.76 Å². The smallest absolute Gasteiger partial charge is 0.295 e. The Labute approximate surface area is 188 Å². The van der Waals surface area contributed by atoms with Crippen molar-refractivity contribution in [3.63, 3.8) is 0 Å². The molecule has 1 N–H and O–H groups in total. The molecule has 1 fully saturated rings. The van der Waals surface area contributed by atoms with Gasteiger partial charge >= 0.3 is 0 Å². The second-order valence-electron chi connectivity index (χ2n) is 8.31. The number of Topliss-reactive ketones (excluding diaryl/α,β-unsaturated/α-hetero) is 1. The number of rotatable bonds is 8. The van der Waals surface area contributed by atoms with E-state index in [4.69, 9.17) is 4.74 Å². The summed E-state index contributed by atoms with van der Waals surface area (Å²) in [5.74, 6) is -0.551. The second kappa shape index (κ2) is 9.69. The fourth-order valence-electron chi connectivity index (χ4n) is 3.92. The maximum atomic E-state index is 13.0. The van der Waals surface area contributed by atoms with Gasteiger partial charge in [-0.15, -0.1) is 11.3 Å². The molecular weight excluding hydrogens is 410 g/mol. The van der Waals surface area contributed by atoms with Gasteiger partial charge in [0.2, 0.25) is 0 Å². The molecule has 1 amide bonds. The van der Waals surface area contributed by atoms with Gasteiger partial charge in [0.15, 0.2) is 0 Å². The van der Waals surface area contributed by atoms with Crippen LogP contribution in [0.2, 0.25) is 0 Å². The first kappa shape index (κ1) is 23.1. The fourth-order valence-corrected chi connectivity index (χ4v) is 4.97. The molecule has 1 atom stereocenters. The highest BCUT2D eigenvalue weighted by Gasteiger charge is 2.46. The summed E-state index contributed by atoms with van der Waals surface area (Å²) in [7, 11) is 0. The van der Waals surface area contributed by atoms with Crippen molar-refractivity contribution in [2.75, 3.05) is 6.54 Å². The standard InChI is InChI=1S/C25H31NO4S/c1-6-7-8-12-26-21(24-16(4)11-13-31-24)20(23(28)25(26)29)22(27)18-9-10-19(17(5)14-18)30-15(2)3/h9-11,13-15,21,27H,6-8,12H2,1-5H3/b22-20-. The summed E-state index contributed by atoms with van der Waals surface area (Å²) in [6.07, 6.45) is 2.87.